The molecule has 3 aromatic rings. The molecule has 1 aromatic heterocycles. The van der Waals surface area contributed by atoms with Crippen molar-refractivity contribution < 1.29 is 23.0 Å². The van der Waals surface area contributed by atoms with Gasteiger partial charge in [-0.3, -0.25) is 4.79 Å². The van der Waals surface area contributed by atoms with Gasteiger partial charge in [0.15, 0.2) is 17.5 Å². The number of aryl methyl sites for hydroxylation is 1. The summed E-state index contributed by atoms with van der Waals surface area (Å²) in [4.78, 5) is 16.0. The molecule has 0 saturated carbocycles. The topological polar surface area (TPSA) is 76.4 Å². The molecule has 0 spiro atoms. The normalized spacial score (nSPS) is 10.8. The fraction of sp³-hybridized carbons (Fsp3) is 0.158. The maximum atomic E-state index is 13.5. The lowest BCUT2D eigenvalue weighted by atomic mass is 10.2. The number of hydrogen-bond donors (Lipinski definition) is 2. The Morgan fingerprint density at radius 2 is 1.86 bits per heavy atom. The van der Waals surface area contributed by atoms with Crippen LogP contribution in [0.1, 0.15) is 11.1 Å². The largest absolute Gasteiger partial charge is 0.508 e. The van der Waals surface area contributed by atoms with Crippen molar-refractivity contribution in [1.29, 1.82) is 0 Å². The zero-order valence-electron chi connectivity index (χ0n) is 15.0. The number of aromatic nitrogens is 2. The molecule has 2 N–H and O–H groups in total. The first kappa shape index (κ1) is 19.3. The summed E-state index contributed by atoms with van der Waals surface area (Å²) in [5.41, 5.74) is 0.708. The highest BCUT2D eigenvalue weighted by Gasteiger charge is 2.14. The Labute approximate surface area is 157 Å². The standard InChI is InChI=1S/C19H16F3N3O3/c1-10-5-12(26)3-4-15(10)23-19-24-18(27)16(28-2)9-25(19)8-11-6-13(20)17(22)14(21)7-11/h3-7,9,26H,8H2,1-2H3,(H,23,24,27). The van der Waals surface area contributed by atoms with E-state index in [1.165, 1.54) is 30.0 Å². The van der Waals surface area contributed by atoms with Crippen LogP contribution < -0.4 is 15.6 Å². The first-order valence-corrected chi connectivity index (χ1v) is 8.14. The third kappa shape index (κ3) is 3.93. The van der Waals surface area contributed by atoms with E-state index in [4.69, 9.17) is 4.74 Å². The fourth-order valence-corrected chi connectivity index (χ4v) is 2.64. The zero-order chi connectivity index (χ0) is 20.4. The van der Waals surface area contributed by atoms with Crippen molar-refractivity contribution >= 4 is 11.6 Å². The molecular weight excluding hydrogens is 375 g/mol. The summed E-state index contributed by atoms with van der Waals surface area (Å²) in [5.74, 6) is -4.13. The summed E-state index contributed by atoms with van der Waals surface area (Å²) in [5, 5.41) is 12.5. The van der Waals surface area contributed by atoms with E-state index in [2.05, 4.69) is 10.3 Å². The van der Waals surface area contributed by atoms with Gasteiger partial charge in [-0.2, -0.15) is 4.98 Å². The van der Waals surface area contributed by atoms with Gasteiger partial charge in [-0.05, 0) is 48.4 Å². The quantitative estimate of drug-likeness (QED) is 0.515. The van der Waals surface area contributed by atoms with Gasteiger partial charge in [0.25, 0.3) is 0 Å². The molecule has 0 aliphatic carbocycles. The van der Waals surface area contributed by atoms with Crippen molar-refractivity contribution in [3.63, 3.8) is 0 Å². The van der Waals surface area contributed by atoms with E-state index in [1.807, 2.05) is 0 Å². The highest BCUT2D eigenvalue weighted by molar-refractivity contribution is 5.60. The number of anilines is 2. The van der Waals surface area contributed by atoms with Gasteiger partial charge in [0.05, 0.1) is 19.9 Å². The fourth-order valence-electron chi connectivity index (χ4n) is 2.64. The van der Waals surface area contributed by atoms with Crippen molar-refractivity contribution in [2.75, 3.05) is 12.4 Å². The van der Waals surface area contributed by atoms with E-state index < -0.39 is 23.0 Å². The molecule has 0 aliphatic heterocycles. The van der Waals surface area contributed by atoms with Gasteiger partial charge in [0.1, 0.15) is 5.75 Å². The molecule has 0 unspecified atom stereocenters. The maximum absolute atomic E-state index is 13.5. The van der Waals surface area contributed by atoms with Crippen LogP contribution in [0.2, 0.25) is 0 Å². The molecule has 0 atom stereocenters. The number of phenols is 1. The highest BCUT2D eigenvalue weighted by Crippen LogP contribution is 2.24. The summed E-state index contributed by atoms with van der Waals surface area (Å²) in [6.07, 6.45) is 1.33. The molecule has 2 aromatic carbocycles. The molecule has 6 nitrogen and oxygen atoms in total. The summed E-state index contributed by atoms with van der Waals surface area (Å²) in [6.45, 7) is 1.62. The van der Waals surface area contributed by atoms with E-state index in [1.54, 1.807) is 13.0 Å². The number of benzene rings is 2. The Balaban J connectivity index is 2.05. The first-order chi connectivity index (χ1) is 13.3. The molecule has 0 radical (unpaired) electrons. The molecule has 28 heavy (non-hydrogen) atoms. The molecule has 0 saturated heterocycles. The van der Waals surface area contributed by atoms with Crippen LogP contribution in [0.25, 0.3) is 0 Å². The number of nitrogens with zero attached hydrogens (tertiary/aromatic N) is 2. The lowest BCUT2D eigenvalue weighted by Crippen LogP contribution is -2.19. The second kappa shape index (κ2) is 7.63. The lowest BCUT2D eigenvalue weighted by molar-refractivity contribution is 0.402. The number of methoxy groups -OCH3 is 1. The summed E-state index contributed by atoms with van der Waals surface area (Å²) < 4.78 is 46.6. The first-order valence-electron chi connectivity index (χ1n) is 8.14. The molecule has 146 valence electrons. The number of halogens is 3. The van der Waals surface area contributed by atoms with Crippen molar-refractivity contribution in [2.45, 2.75) is 13.5 Å². The Bertz CT molecular complexity index is 1080. The van der Waals surface area contributed by atoms with Crippen molar-refractivity contribution in [1.82, 2.24) is 9.55 Å². The summed E-state index contributed by atoms with van der Waals surface area (Å²) in [7, 11) is 1.29. The van der Waals surface area contributed by atoms with Gasteiger partial charge >= 0.3 is 5.56 Å². The minimum Gasteiger partial charge on any atom is -0.508 e. The number of aromatic hydroxyl groups is 1. The highest BCUT2D eigenvalue weighted by atomic mass is 19.2. The van der Waals surface area contributed by atoms with Crippen molar-refractivity contribution in [3.05, 3.63) is 75.5 Å². The van der Waals surface area contributed by atoms with Crippen molar-refractivity contribution in [3.8, 4) is 11.5 Å². The van der Waals surface area contributed by atoms with Gasteiger partial charge in [0.2, 0.25) is 11.7 Å². The van der Waals surface area contributed by atoms with Crippen molar-refractivity contribution in [2.24, 2.45) is 0 Å². The van der Waals surface area contributed by atoms with Gasteiger partial charge in [-0.15, -0.1) is 0 Å². The van der Waals surface area contributed by atoms with Gasteiger partial charge in [-0.25, -0.2) is 13.2 Å². The van der Waals surface area contributed by atoms with Crippen LogP contribution in [0.5, 0.6) is 11.5 Å². The van der Waals surface area contributed by atoms with Crippen LogP contribution in [0, 0.1) is 24.4 Å². The van der Waals surface area contributed by atoms with Crippen LogP contribution >= 0.6 is 0 Å². The van der Waals surface area contributed by atoms with Crippen LogP contribution in [0.3, 0.4) is 0 Å². The summed E-state index contributed by atoms with van der Waals surface area (Å²) >= 11 is 0. The molecule has 9 heteroatoms. The van der Waals surface area contributed by atoms with Crippen LogP contribution in [0.4, 0.5) is 24.8 Å². The second-order valence-electron chi connectivity index (χ2n) is 6.06. The molecule has 3 rings (SSSR count). The van der Waals surface area contributed by atoms with E-state index in [0.717, 1.165) is 12.1 Å². The number of phenolic OH excluding ortho intramolecular Hbond substituents is 1. The SMILES string of the molecule is COc1cn(Cc2cc(F)c(F)c(F)c2)c(Nc2ccc(O)cc2C)nc1=O. The second-order valence-corrected chi connectivity index (χ2v) is 6.06. The van der Waals surface area contributed by atoms with E-state index in [-0.39, 0.29) is 29.6 Å². The van der Waals surface area contributed by atoms with E-state index in [0.29, 0.717) is 11.3 Å². The minimum atomic E-state index is -1.56. The smallest absolute Gasteiger partial charge is 0.316 e. The lowest BCUT2D eigenvalue weighted by Gasteiger charge is -2.16. The van der Waals surface area contributed by atoms with Crippen LogP contribution in [-0.2, 0) is 6.54 Å². The predicted octanol–water partition coefficient (Wildman–Crippen LogP) is 3.48. The molecule has 0 bridgehead atoms. The van der Waals surface area contributed by atoms with Gasteiger partial charge in [-0.1, -0.05) is 0 Å². The van der Waals surface area contributed by atoms with Crippen LogP contribution in [0.15, 0.2) is 41.3 Å². The Morgan fingerprint density at radius 1 is 1.18 bits per heavy atom. The maximum Gasteiger partial charge on any atom is 0.316 e. The molecule has 0 fully saturated rings. The molecule has 1 heterocycles. The van der Waals surface area contributed by atoms with E-state index in [9.17, 15) is 23.1 Å². The summed E-state index contributed by atoms with van der Waals surface area (Å²) in [6, 6.07) is 6.27. The molecular formula is C19H16F3N3O3. The zero-order valence-corrected chi connectivity index (χ0v) is 15.0. The molecule has 0 aliphatic rings. The average molecular weight is 391 g/mol. The third-order valence-corrected chi connectivity index (χ3v) is 4.04. The van der Waals surface area contributed by atoms with E-state index >= 15 is 0 Å². The molecule has 0 amide bonds. The average Bonchev–Trinajstić information content (AvgIpc) is 2.64. The third-order valence-electron chi connectivity index (χ3n) is 4.04. The minimum absolute atomic E-state index is 0.0698. The Kier molecular flexibility index (Phi) is 5.25. The number of nitrogens with one attached hydrogen (secondary N) is 1. The van der Waals surface area contributed by atoms with Gasteiger partial charge in [0, 0.05) is 5.69 Å². The van der Waals surface area contributed by atoms with Gasteiger partial charge < -0.3 is 19.7 Å². The Hall–Kier alpha value is -3.49. The number of rotatable bonds is 5. The number of hydrogen-bond acceptors (Lipinski definition) is 5. The Morgan fingerprint density at radius 3 is 2.46 bits per heavy atom. The van der Waals surface area contributed by atoms with Crippen LogP contribution in [-0.4, -0.2) is 21.8 Å². The number of ether oxygens (including phenoxy) is 1. The predicted molar refractivity (Wildman–Crippen MR) is 96.6 cm³/mol. The monoisotopic (exact) mass is 391 g/mol.